The lowest BCUT2D eigenvalue weighted by atomic mass is 10.1. The summed E-state index contributed by atoms with van der Waals surface area (Å²) in [5.41, 5.74) is 1.06. The highest BCUT2D eigenvalue weighted by atomic mass is 16.5. The second-order valence-electron chi connectivity index (χ2n) is 5.42. The van der Waals surface area contributed by atoms with E-state index in [1.807, 2.05) is 6.07 Å². The maximum atomic E-state index is 12.7. The van der Waals surface area contributed by atoms with Crippen molar-refractivity contribution < 1.29 is 9.53 Å². The zero-order valence-electron chi connectivity index (χ0n) is 14.6. The number of benzene rings is 2. The predicted octanol–water partition coefficient (Wildman–Crippen LogP) is 5.17. The van der Waals surface area contributed by atoms with Gasteiger partial charge in [0.05, 0.1) is 12.8 Å². The van der Waals surface area contributed by atoms with Crippen molar-refractivity contribution in [3.63, 3.8) is 0 Å². The summed E-state index contributed by atoms with van der Waals surface area (Å²) in [7, 11) is 1.59. The molecule has 1 aromatic heterocycles. The molecular formula is C20H17N5O2. The number of nitrogens with zero attached hydrogens (tertiary/aromatic N) is 5. The van der Waals surface area contributed by atoms with Crippen LogP contribution in [0.1, 0.15) is 10.4 Å². The van der Waals surface area contributed by atoms with Crippen LogP contribution in [0.25, 0.3) is 0 Å². The Kier molecular flexibility index (Phi) is 6.08. The summed E-state index contributed by atoms with van der Waals surface area (Å²) in [6.07, 6.45) is 0.498. The standard InChI is InChI=1S/C20H17N5O2/c1-27-17-12-10-16(11-13-17)22-24-20(19(26)15-7-3-2-4-8-15)25-23-18-9-5-6-14-21-18/h2-14,20H,1H3. The van der Waals surface area contributed by atoms with E-state index in [2.05, 4.69) is 25.4 Å². The van der Waals surface area contributed by atoms with E-state index < -0.39 is 6.17 Å². The molecule has 0 saturated heterocycles. The van der Waals surface area contributed by atoms with Crippen molar-refractivity contribution in [3.8, 4) is 5.75 Å². The average molecular weight is 359 g/mol. The molecule has 3 aromatic rings. The second-order valence-corrected chi connectivity index (χ2v) is 5.42. The smallest absolute Gasteiger partial charge is 0.243 e. The van der Waals surface area contributed by atoms with Crippen LogP contribution in [0.15, 0.2) is 99.5 Å². The van der Waals surface area contributed by atoms with Crippen LogP contribution in [0.4, 0.5) is 11.5 Å². The van der Waals surface area contributed by atoms with Crippen LogP contribution in [0.2, 0.25) is 0 Å². The fourth-order valence-corrected chi connectivity index (χ4v) is 2.18. The number of carbonyl (C=O) groups is 1. The molecule has 2 aromatic carbocycles. The van der Waals surface area contributed by atoms with Gasteiger partial charge in [-0.1, -0.05) is 36.4 Å². The van der Waals surface area contributed by atoms with E-state index in [9.17, 15) is 4.79 Å². The van der Waals surface area contributed by atoms with Crippen molar-refractivity contribution in [1.29, 1.82) is 0 Å². The van der Waals surface area contributed by atoms with Gasteiger partial charge in [0.1, 0.15) is 5.75 Å². The molecule has 1 heterocycles. The molecule has 0 aliphatic carbocycles. The van der Waals surface area contributed by atoms with Crippen molar-refractivity contribution in [2.75, 3.05) is 7.11 Å². The lowest BCUT2D eigenvalue weighted by molar-refractivity contribution is 0.0960. The van der Waals surface area contributed by atoms with Gasteiger partial charge in [-0.3, -0.25) is 4.79 Å². The van der Waals surface area contributed by atoms with Crippen molar-refractivity contribution in [2.24, 2.45) is 20.5 Å². The molecule has 0 N–H and O–H groups in total. The van der Waals surface area contributed by atoms with Gasteiger partial charge in [-0.25, -0.2) is 4.98 Å². The number of rotatable bonds is 7. The van der Waals surface area contributed by atoms with E-state index in [0.29, 0.717) is 22.8 Å². The van der Waals surface area contributed by atoms with E-state index in [4.69, 9.17) is 4.74 Å². The molecule has 0 amide bonds. The Balaban J connectivity index is 1.85. The number of ether oxygens (including phenoxy) is 1. The minimum atomic E-state index is -1.10. The zero-order chi connectivity index (χ0) is 18.9. The third-order valence-corrected chi connectivity index (χ3v) is 3.57. The number of carbonyl (C=O) groups excluding carboxylic acids is 1. The fraction of sp³-hybridized carbons (Fsp3) is 0.100. The summed E-state index contributed by atoms with van der Waals surface area (Å²) < 4.78 is 5.11. The van der Waals surface area contributed by atoms with Crippen LogP contribution in [0, 0.1) is 0 Å². The topological polar surface area (TPSA) is 88.6 Å². The molecule has 7 nitrogen and oxygen atoms in total. The summed E-state index contributed by atoms with van der Waals surface area (Å²) in [5, 5.41) is 16.3. The Morgan fingerprint density at radius 2 is 1.59 bits per heavy atom. The average Bonchev–Trinajstić information content (AvgIpc) is 2.75. The Bertz CT molecular complexity index is 926. The van der Waals surface area contributed by atoms with Crippen molar-refractivity contribution in [3.05, 3.63) is 84.6 Å². The van der Waals surface area contributed by atoms with Gasteiger partial charge in [-0.05, 0) is 36.4 Å². The summed E-state index contributed by atoms with van der Waals surface area (Å²) in [4.78, 5) is 16.8. The van der Waals surface area contributed by atoms with Crippen molar-refractivity contribution in [1.82, 2.24) is 4.98 Å². The van der Waals surface area contributed by atoms with Gasteiger partial charge in [-0.2, -0.15) is 10.2 Å². The number of Topliss-reactive ketones (excluding diaryl/α,β-unsaturated/α-hetero) is 1. The highest BCUT2D eigenvalue weighted by molar-refractivity contribution is 5.99. The summed E-state index contributed by atoms with van der Waals surface area (Å²) in [6, 6.07) is 21.0. The molecule has 134 valence electrons. The molecule has 3 rings (SSSR count). The molecule has 1 unspecified atom stereocenters. The van der Waals surface area contributed by atoms with Gasteiger partial charge in [0.25, 0.3) is 0 Å². The molecule has 7 heteroatoms. The van der Waals surface area contributed by atoms with Crippen LogP contribution in [0.5, 0.6) is 5.75 Å². The monoisotopic (exact) mass is 359 g/mol. The highest BCUT2D eigenvalue weighted by Gasteiger charge is 2.19. The van der Waals surface area contributed by atoms with Gasteiger partial charge in [0, 0.05) is 11.8 Å². The lowest BCUT2D eigenvalue weighted by Crippen LogP contribution is -2.15. The maximum absolute atomic E-state index is 12.7. The largest absolute Gasteiger partial charge is 0.497 e. The van der Waals surface area contributed by atoms with Crippen LogP contribution in [0.3, 0.4) is 0 Å². The maximum Gasteiger partial charge on any atom is 0.243 e. The Morgan fingerprint density at radius 1 is 0.889 bits per heavy atom. The molecular weight excluding hydrogens is 342 g/mol. The van der Waals surface area contributed by atoms with Gasteiger partial charge >= 0.3 is 0 Å². The number of pyridine rings is 1. The predicted molar refractivity (Wildman–Crippen MR) is 101 cm³/mol. The molecule has 0 aliphatic rings. The Labute approximate surface area is 156 Å². The first-order chi connectivity index (χ1) is 13.3. The minimum absolute atomic E-state index is 0.299. The first kappa shape index (κ1) is 18.1. The SMILES string of the molecule is COc1ccc(N=NC(N=Nc2ccccn2)C(=O)c2ccccc2)cc1. The number of hydrogen-bond donors (Lipinski definition) is 0. The number of ketones is 1. The van der Waals surface area contributed by atoms with E-state index in [1.54, 1.807) is 80.0 Å². The van der Waals surface area contributed by atoms with E-state index in [1.165, 1.54) is 0 Å². The highest BCUT2D eigenvalue weighted by Crippen LogP contribution is 2.20. The number of hydrogen-bond acceptors (Lipinski definition) is 7. The Morgan fingerprint density at radius 3 is 2.26 bits per heavy atom. The molecule has 0 radical (unpaired) electrons. The summed E-state index contributed by atoms with van der Waals surface area (Å²) >= 11 is 0. The first-order valence-electron chi connectivity index (χ1n) is 8.22. The van der Waals surface area contributed by atoms with Crippen LogP contribution in [-0.2, 0) is 0 Å². The molecule has 0 fully saturated rings. The van der Waals surface area contributed by atoms with Gasteiger partial charge in [0.15, 0.2) is 5.82 Å². The summed E-state index contributed by atoms with van der Waals surface area (Å²) in [6.45, 7) is 0. The molecule has 0 spiro atoms. The zero-order valence-corrected chi connectivity index (χ0v) is 14.6. The first-order valence-corrected chi connectivity index (χ1v) is 8.22. The van der Waals surface area contributed by atoms with Gasteiger partial charge in [-0.15, -0.1) is 10.2 Å². The Hall–Kier alpha value is -3.74. The summed E-state index contributed by atoms with van der Waals surface area (Å²) in [5.74, 6) is 0.802. The van der Waals surface area contributed by atoms with Crippen LogP contribution < -0.4 is 4.74 Å². The van der Waals surface area contributed by atoms with Crippen LogP contribution >= 0.6 is 0 Å². The normalized spacial score (nSPS) is 12.3. The molecule has 0 aliphatic heterocycles. The quantitative estimate of drug-likeness (QED) is 0.431. The van der Waals surface area contributed by atoms with Gasteiger partial charge < -0.3 is 4.74 Å². The fourth-order valence-electron chi connectivity index (χ4n) is 2.18. The van der Waals surface area contributed by atoms with Gasteiger partial charge in [0.2, 0.25) is 11.9 Å². The third kappa shape index (κ3) is 5.12. The lowest BCUT2D eigenvalue weighted by Gasteiger charge is -2.05. The number of azo groups is 2. The van der Waals surface area contributed by atoms with E-state index in [-0.39, 0.29) is 5.78 Å². The van der Waals surface area contributed by atoms with E-state index in [0.717, 1.165) is 0 Å². The van der Waals surface area contributed by atoms with Crippen molar-refractivity contribution in [2.45, 2.75) is 6.17 Å². The van der Waals surface area contributed by atoms with Crippen LogP contribution in [-0.4, -0.2) is 24.0 Å². The number of methoxy groups -OCH3 is 1. The molecule has 1 atom stereocenters. The number of aromatic nitrogens is 1. The second kappa shape index (κ2) is 9.10. The minimum Gasteiger partial charge on any atom is -0.497 e. The molecule has 0 bridgehead atoms. The molecule has 27 heavy (non-hydrogen) atoms. The van der Waals surface area contributed by atoms with Crippen molar-refractivity contribution >= 4 is 17.3 Å². The van der Waals surface area contributed by atoms with E-state index >= 15 is 0 Å². The third-order valence-electron chi connectivity index (χ3n) is 3.57. The molecule has 0 saturated carbocycles.